The minimum Gasteiger partial charge on any atom is -0.384 e. The van der Waals surface area contributed by atoms with Crippen molar-refractivity contribution in [3.05, 3.63) is 23.1 Å². The zero-order chi connectivity index (χ0) is 15.1. The van der Waals surface area contributed by atoms with Gasteiger partial charge in [0.1, 0.15) is 16.5 Å². The van der Waals surface area contributed by atoms with Crippen LogP contribution in [-0.4, -0.2) is 34.2 Å². The average Bonchev–Trinajstić information content (AvgIpc) is 2.84. The summed E-state index contributed by atoms with van der Waals surface area (Å²) in [5.74, 6) is -0.131. The second-order valence-corrected chi connectivity index (χ2v) is 5.93. The smallest absolute Gasteiger partial charge is 0.266 e. The van der Waals surface area contributed by atoms with Crippen molar-refractivity contribution in [3.8, 4) is 0 Å². The highest BCUT2D eigenvalue weighted by atomic mass is 32.2. The van der Waals surface area contributed by atoms with Gasteiger partial charge in [-0.05, 0) is 13.8 Å². The summed E-state index contributed by atoms with van der Waals surface area (Å²) in [4.78, 5) is 0.0770. The van der Waals surface area contributed by atoms with Gasteiger partial charge in [0.2, 0.25) is 0 Å². The SMILES string of the molecule is Cc1n[nH]c(C)c1S(=O)(=O)Nc1c(C(=N)N)cnn1C. The number of aromatic amines is 1. The maximum Gasteiger partial charge on any atom is 0.266 e. The second-order valence-electron chi connectivity index (χ2n) is 4.31. The molecular formula is C10H15N7O2S. The summed E-state index contributed by atoms with van der Waals surface area (Å²) in [7, 11) is -2.28. The van der Waals surface area contributed by atoms with Crippen LogP contribution in [0, 0.1) is 19.3 Å². The zero-order valence-electron chi connectivity index (χ0n) is 11.2. The van der Waals surface area contributed by atoms with E-state index in [4.69, 9.17) is 11.1 Å². The zero-order valence-corrected chi connectivity index (χ0v) is 12.0. The van der Waals surface area contributed by atoms with E-state index < -0.39 is 10.0 Å². The molecule has 0 fully saturated rings. The number of sulfonamides is 1. The first-order chi connectivity index (χ1) is 9.24. The van der Waals surface area contributed by atoms with Crippen molar-refractivity contribution in [2.24, 2.45) is 12.8 Å². The van der Waals surface area contributed by atoms with Gasteiger partial charge < -0.3 is 5.73 Å². The number of H-pyrrole nitrogens is 1. The fourth-order valence-electron chi connectivity index (χ4n) is 1.87. The first-order valence-electron chi connectivity index (χ1n) is 5.65. The first kappa shape index (κ1) is 14.1. The summed E-state index contributed by atoms with van der Waals surface area (Å²) in [5, 5.41) is 17.8. The number of hydrogen-bond donors (Lipinski definition) is 4. The number of rotatable bonds is 4. The number of aromatic nitrogens is 4. The van der Waals surface area contributed by atoms with Gasteiger partial charge >= 0.3 is 0 Å². The van der Waals surface area contributed by atoms with E-state index >= 15 is 0 Å². The van der Waals surface area contributed by atoms with Gasteiger partial charge in [-0.1, -0.05) is 0 Å². The lowest BCUT2D eigenvalue weighted by Crippen LogP contribution is -2.20. The summed E-state index contributed by atoms with van der Waals surface area (Å²) in [6, 6.07) is 0. The van der Waals surface area contributed by atoms with E-state index in [1.54, 1.807) is 20.9 Å². The van der Waals surface area contributed by atoms with Crippen LogP contribution in [0.5, 0.6) is 0 Å². The van der Waals surface area contributed by atoms with E-state index in [1.165, 1.54) is 10.9 Å². The van der Waals surface area contributed by atoms with Crippen molar-refractivity contribution < 1.29 is 8.42 Å². The molecule has 2 rings (SSSR count). The molecule has 0 aromatic carbocycles. The molecule has 0 saturated carbocycles. The van der Waals surface area contributed by atoms with Crippen LogP contribution in [0.1, 0.15) is 17.0 Å². The van der Waals surface area contributed by atoms with Gasteiger partial charge in [0.25, 0.3) is 10.0 Å². The number of nitrogens with one attached hydrogen (secondary N) is 3. The largest absolute Gasteiger partial charge is 0.384 e. The predicted molar refractivity (Wildman–Crippen MR) is 73.1 cm³/mol. The second kappa shape index (κ2) is 4.63. The van der Waals surface area contributed by atoms with Crippen LogP contribution in [0.3, 0.4) is 0 Å². The molecule has 0 spiro atoms. The molecule has 0 bridgehead atoms. The summed E-state index contributed by atoms with van der Waals surface area (Å²) >= 11 is 0. The molecule has 0 aliphatic heterocycles. The van der Waals surface area contributed by atoms with Gasteiger partial charge in [0, 0.05) is 7.05 Å². The number of nitrogens with zero attached hydrogens (tertiary/aromatic N) is 3. The van der Waals surface area contributed by atoms with Crippen molar-refractivity contribution in [2.75, 3.05) is 4.72 Å². The maximum atomic E-state index is 12.4. The number of anilines is 1. The van der Waals surface area contributed by atoms with Crippen molar-refractivity contribution in [2.45, 2.75) is 18.7 Å². The van der Waals surface area contributed by atoms with Crippen molar-refractivity contribution in [1.82, 2.24) is 20.0 Å². The highest BCUT2D eigenvalue weighted by molar-refractivity contribution is 7.92. The Kier molecular flexibility index (Phi) is 3.26. The molecule has 5 N–H and O–H groups in total. The van der Waals surface area contributed by atoms with E-state index in [0.29, 0.717) is 11.4 Å². The normalized spacial score (nSPS) is 11.6. The lowest BCUT2D eigenvalue weighted by molar-refractivity contribution is 0.599. The van der Waals surface area contributed by atoms with Gasteiger partial charge in [-0.2, -0.15) is 10.2 Å². The monoisotopic (exact) mass is 297 g/mol. The molecular weight excluding hydrogens is 282 g/mol. The Hall–Kier alpha value is -2.36. The molecule has 0 amide bonds. The molecule has 9 nitrogen and oxygen atoms in total. The predicted octanol–water partition coefficient (Wildman–Crippen LogP) is -0.155. The minimum absolute atomic E-state index is 0.0770. The molecule has 0 radical (unpaired) electrons. The Bertz CT molecular complexity index is 752. The van der Waals surface area contributed by atoms with E-state index in [2.05, 4.69) is 20.0 Å². The summed E-state index contributed by atoms with van der Waals surface area (Å²) < 4.78 is 28.5. The van der Waals surface area contributed by atoms with Crippen molar-refractivity contribution >= 4 is 21.7 Å². The topological polar surface area (TPSA) is 143 Å². The Balaban J connectivity index is 2.50. The van der Waals surface area contributed by atoms with Gasteiger partial charge in [0.15, 0.2) is 0 Å². The molecule has 0 saturated heterocycles. The molecule has 10 heteroatoms. The van der Waals surface area contributed by atoms with Crippen LogP contribution in [0.15, 0.2) is 11.1 Å². The van der Waals surface area contributed by atoms with E-state index in [-0.39, 0.29) is 22.1 Å². The Morgan fingerprint density at radius 1 is 1.50 bits per heavy atom. The molecule has 0 aliphatic rings. The Morgan fingerprint density at radius 3 is 2.65 bits per heavy atom. The van der Waals surface area contributed by atoms with E-state index in [0.717, 1.165) is 0 Å². The lowest BCUT2D eigenvalue weighted by Gasteiger charge is -2.10. The Labute approximate surface area is 115 Å². The molecule has 0 atom stereocenters. The third-order valence-corrected chi connectivity index (χ3v) is 4.39. The highest BCUT2D eigenvalue weighted by Gasteiger charge is 2.25. The maximum absolute atomic E-state index is 12.4. The van der Waals surface area contributed by atoms with Crippen LogP contribution in [-0.2, 0) is 17.1 Å². The van der Waals surface area contributed by atoms with Crippen LogP contribution in [0.25, 0.3) is 0 Å². The molecule has 2 aromatic heterocycles. The van der Waals surface area contributed by atoms with Crippen molar-refractivity contribution in [1.29, 1.82) is 5.41 Å². The van der Waals surface area contributed by atoms with E-state index in [1.807, 2.05) is 0 Å². The van der Waals surface area contributed by atoms with Crippen LogP contribution < -0.4 is 10.5 Å². The van der Waals surface area contributed by atoms with Crippen LogP contribution in [0.2, 0.25) is 0 Å². The molecule has 0 unspecified atom stereocenters. The summed E-state index contributed by atoms with van der Waals surface area (Å²) in [6.07, 6.45) is 1.33. The average molecular weight is 297 g/mol. The fourth-order valence-corrected chi connectivity index (χ4v) is 3.35. The van der Waals surface area contributed by atoms with Gasteiger partial charge in [-0.25, -0.2) is 8.42 Å². The quantitative estimate of drug-likeness (QED) is 0.458. The highest BCUT2D eigenvalue weighted by Crippen LogP contribution is 2.22. The van der Waals surface area contributed by atoms with Gasteiger partial charge in [-0.15, -0.1) is 0 Å². The third kappa shape index (κ3) is 2.25. The number of amidine groups is 1. The van der Waals surface area contributed by atoms with Gasteiger partial charge in [-0.3, -0.25) is 19.9 Å². The standard InChI is InChI=1S/C10H15N7O2S/c1-5-8(6(2)15-14-5)20(18,19)16-10-7(9(11)12)4-13-17(10)3/h4,16H,1-3H3,(H3,11,12)(H,14,15). The minimum atomic E-state index is -3.84. The molecule has 2 heterocycles. The van der Waals surface area contributed by atoms with Crippen molar-refractivity contribution in [3.63, 3.8) is 0 Å². The number of nitrogen functional groups attached to an aromatic ring is 1. The molecule has 0 aliphatic carbocycles. The third-order valence-electron chi connectivity index (χ3n) is 2.79. The first-order valence-corrected chi connectivity index (χ1v) is 7.13. The number of hydrogen-bond acceptors (Lipinski definition) is 5. The van der Waals surface area contributed by atoms with Gasteiger partial charge in [0.05, 0.1) is 23.1 Å². The van der Waals surface area contributed by atoms with E-state index in [9.17, 15) is 8.42 Å². The number of aryl methyl sites for hydroxylation is 3. The van der Waals surface area contributed by atoms with Crippen LogP contribution in [0.4, 0.5) is 5.82 Å². The lowest BCUT2D eigenvalue weighted by atomic mass is 10.3. The Morgan fingerprint density at radius 2 is 2.15 bits per heavy atom. The number of nitrogens with two attached hydrogens (primary N) is 1. The fraction of sp³-hybridized carbons (Fsp3) is 0.300. The molecule has 2 aromatic rings. The van der Waals surface area contributed by atoms with Crippen LogP contribution >= 0.6 is 0 Å². The molecule has 20 heavy (non-hydrogen) atoms. The molecule has 108 valence electrons. The summed E-state index contributed by atoms with van der Waals surface area (Å²) in [5.41, 5.74) is 6.41. The summed E-state index contributed by atoms with van der Waals surface area (Å²) in [6.45, 7) is 3.21.